The molecule has 1 fully saturated rings. The maximum Gasteiger partial charge on any atom is 0.233 e. The summed E-state index contributed by atoms with van der Waals surface area (Å²) in [5.41, 5.74) is 3.18. The van der Waals surface area contributed by atoms with E-state index in [1.54, 1.807) is 18.4 Å². The molecule has 1 unspecified atom stereocenters. The minimum absolute atomic E-state index is 0.0421. The molecule has 29 heavy (non-hydrogen) atoms. The van der Waals surface area contributed by atoms with Gasteiger partial charge in [-0.3, -0.25) is 9.69 Å². The number of carbonyl (C=O) groups is 1. The number of methoxy groups -OCH3 is 1. The summed E-state index contributed by atoms with van der Waals surface area (Å²) >= 11 is 1.58. The Labute approximate surface area is 175 Å². The van der Waals surface area contributed by atoms with Crippen LogP contribution in [0.15, 0.2) is 42.5 Å². The molecule has 1 aliphatic rings. The van der Waals surface area contributed by atoms with Crippen molar-refractivity contribution in [1.29, 1.82) is 0 Å². The van der Waals surface area contributed by atoms with Gasteiger partial charge in [0.15, 0.2) is 5.13 Å². The maximum atomic E-state index is 13.3. The molecular formula is C23H26N2O3S. The van der Waals surface area contributed by atoms with Gasteiger partial charge in [0.2, 0.25) is 5.91 Å². The lowest BCUT2D eigenvalue weighted by molar-refractivity contribution is -0.118. The van der Waals surface area contributed by atoms with Crippen LogP contribution in [0.4, 0.5) is 5.13 Å². The molecule has 0 N–H and O–H groups in total. The Morgan fingerprint density at radius 1 is 1.24 bits per heavy atom. The molecule has 1 atom stereocenters. The van der Waals surface area contributed by atoms with Crippen molar-refractivity contribution in [2.45, 2.75) is 38.7 Å². The van der Waals surface area contributed by atoms with E-state index in [4.69, 9.17) is 14.5 Å². The van der Waals surface area contributed by atoms with Gasteiger partial charge in [-0.2, -0.15) is 0 Å². The minimum atomic E-state index is 0.0421. The third-order valence-corrected chi connectivity index (χ3v) is 6.35. The van der Waals surface area contributed by atoms with E-state index in [1.165, 1.54) is 5.56 Å². The second kappa shape index (κ2) is 8.93. The molecular weight excluding hydrogens is 384 g/mol. The van der Waals surface area contributed by atoms with Crippen molar-refractivity contribution >= 4 is 32.6 Å². The summed E-state index contributed by atoms with van der Waals surface area (Å²) in [7, 11) is 1.64. The smallest absolute Gasteiger partial charge is 0.233 e. The van der Waals surface area contributed by atoms with Crippen LogP contribution in [-0.2, 0) is 22.4 Å². The van der Waals surface area contributed by atoms with Crippen LogP contribution in [0.2, 0.25) is 0 Å². The summed E-state index contributed by atoms with van der Waals surface area (Å²) < 4.78 is 12.1. The third kappa shape index (κ3) is 4.60. The highest BCUT2D eigenvalue weighted by molar-refractivity contribution is 7.22. The second-order valence-electron chi connectivity index (χ2n) is 7.32. The number of fused-ring (bicyclic) bond motifs is 1. The number of amides is 1. The number of benzene rings is 2. The topological polar surface area (TPSA) is 51.7 Å². The Morgan fingerprint density at radius 3 is 2.72 bits per heavy atom. The van der Waals surface area contributed by atoms with Crippen LogP contribution in [0.1, 0.15) is 30.9 Å². The van der Waals surface area contributed by atoms with Crippen molar-refractivity contribution in [3.05, 3.63) is 53.6 Å². The van der Waals surface area contributed by atoms with Gasteiger partial charge in [-0.1, -0.05) is 36.5 Å². The van der Waals surface area contributed by atoms with E-state index in [0.29, 0.717) is 13.0 Å². The zero-order chi connectivity index (χ0) is 20.2. The van der Waals surface area contributed by atoms with E-state index in [2.05, 4.69) is 19.1 Å². The molecule has 0 spiro atoms. The van der Waals surface area contributed by atoms with E-state index in [-0.39, 0.29) is 12.0 Å². The fourth-order valence-electron chi connectivity index (χ4n) is 3.58. The Morgan fingerprint density at radius 2 is 2.03 bits per heavy atom. The molecule has 0 saturated carbocycles. The number of nitrogens with zero attached hydrogens (tertiary/aromatic N) is 2. The predicted molar refractivity (Wildman–Crippen MR) is 117 cm³/mol. The van der Waals surface area contributed by atoms with Crippen molar-refractivity contribution in [2.75, 3.05) is 25.2 Å². The Kier molecular flexibility index (Phi) is 6.11. The number of ether oxygens (including phenoxy) is 2. The summed E-state index contributed by atoms with van der Waals surface area (Å²) in [6.45, 7) is 3.46. The first-order valence-corrected chi connectivity index (χ1v) is 10.9. The second-order valence-corrected chi connectivity index (χ2v) is 8.33. The number of aromatic nitrogens is 1. The normalized spacial score (nSPS) is 16.3. The highest BCUT2D eigenvalue weighted by Crippen LogP contribution is 2.31. The monoisotopic (exact) mass is 410 g/mol. The van der Waals surface area contributed by atoms with E-state index in [1.807, 2.05) is 35.2 Å². The van der Waals surface area contributed by atoms with E-state index in [0.717, 1.165) is 52.5 Å². The molecule has 0 aliphatic carbocycles. The Bertz CT molecular complexity index is 977. The van der Waals surface area contributed by atoms with Crippen LogP contribution in [0.25, 0.3) is 10.2 Å². The molecule has 1 amide bonds. The van der Waals surface area contributed by atoms with Gasteiger partial charge in [0, 0.05) is 6.61 Å². The molecule has 0 radical (unpaired) electrons. The molecule has 152 valence electrons. The fourth-order valence-corrected chi connectivity index (χ4v) is 4.64. The molecule has 1 aromatic heterocycles. The van der Waals surface area contributed by atoms with Crippen LogP contribution in [-0.4, -0.2) is 37.3 Å². The lowest BCUT2D eigenvalue weighted by Gasteiger charge is -2.23. The van der Waals surface area contributed by atoms with Gasteiger partial charge in [0.25, 0.3) is 0 Å². The van der Waals surface area contributed by atoms with E-state index < -0.39 is 0 Å². The third-order valence-electron chi connectivity index (χ3n) is 5.31. The zero-order valence-corrected chi connectivity index (χ0v) is 17.7. The van der Waals surface area contributed by atoms with Crippen LogP contribution >= 0.6 is 11.3 Å². The van der Waals surface area contributed by atoms with Crippen molar-refractivity contribution in [1.82, 2.24) is 4.98 Å². The number of hydrogen-bond acceptors (Lipinski definition) is 5. The van der Waals surface area contributed by atoms with E-state index in [9.17, 15) is 4.79 Å². The molecule has 4 rings (SSSR count). The van der Waals surface area contributed by atoms with Gasteiger partial charge in [-0.05, 0) is 54.7 Å². The Balaban J connectivity index is 1.60. The Hall–Kier alpha value is -2.44. The number of rotatable bonds is 7. The van der Waals surface area contributed by atoms with Crippen molar-refractivity contribution in [2.24, 2.45) is 0 Å². The van der Waals surface area contributed by atoms with Crippen LogP contribution in [0.5, 0.6) is 5.75 Å². The lowest BCUT2D eigenvalue weighted by Crippen LogP contribution is -2.38. The fraction of sp³-hybridized carbons (Fsp3) is 0.391. The van der Waals surface area contributed by atoms with Gasteiger partial charge < -0.3 is 9.47 Å². The molecule has 0 bridgehead atoms. The number of thiazole rings is 1. The number of carbonyl (C=O) groups excluding carboxylic acids is 1. The quantitative estimate of drug-likeness (QED) is 0.570. The SMILES string of the molecule is CCc1ccc2nc(N(CC3CCCO3)C(=O)Cc3ccc(OC)cc3)sc2c1. The molecule has 5 nitrogen and oxygen atoms in total. The summed E-state index contributed by atoms with van der Waals surface area (Å²) in [6.07, 6.45) is 3.42. The van der Waals surface area contributed by atoms with Gasteiger partial charge in [0.05, 0.1) is 36.4 Å². The predicted octanol–water partition coefficient (Wildman–Crippen LogP) is 4.62. The average Bonchev–Trinajstić information content (AvgIpc) is 3.41. The first-order valence-electron chi connectivity index (χ1n) is 10.1. The van der Waals surface area contributed by atoms with Crippen molar-refractivity contribution < 1.29 is 14.3 Å². The molecule has 1 aliphatic heterocycles. The molecule has 2 aromatic carbocycles. The number of hydrogen-bond donors (Lipinski definition) is 0. The van der Waals surface area contributed by atoms with Crippen LogP contribution in [0, 0.1) is 0 Å². The zero-order valence-electron chi connectivity index (χ0n) is 16.9. The summed E-state index contributed by atoms with van der Waals surface area (Å²) in [5.74, 6) is 0.829. The number of aryl methyl sites for hydroxylation is 1. The highest BCUT2D eigenvalue weighted by atomic mass is 32.1. The van der Waals surface area contributed by atoms with Gasteiger partial charge in [0.1, 0.15) is 5.75 Å². The van der Waals surface area contributed by atoms with Gasteiger partial charge in [-0.15, -0.1) is 0 Å². The van der Waals surface area contributed by atoms with Crippen LogP contribution < -0.4 is 9.64 Å². The molecule has 1 saturated heterocycles. The molecule has 3 aromatic rings. The van der Waals surface area contributed by atoms with Crippen LogP contribution in [0.3, 0.4) is 0 Å². The average molecular weight is 411 g/mol. The van der Waals surface area contributed by atoms with E-state index >= 15 is 0 Å². The molecule has 2 heterocycles. The summed E-state index contributed by atoms with van der Waals surface area (Å²) in [6, 6.07) is 14.0. The molecule has 6 heteroatoms. The van der Waals surface area contributed by atoms with Gasteiger partial charge >= 0.3 is 0 Å². The largest absolute Gasteiger partial charge is 0.497 e. The first kappa shape index (κ1) is 19.9. The van der Waals surface area contributed by atoms with Gasteiger partial charge in [-0.25, -0.2) is 4.98 Å². The minimum Gasteiger partial charge on any atom is -0.497 e. The maximum absolute atomic E-state index is 13.3. The standard InChI is InChI=1S/C23H26N2O3S/c1-3-16-8-11-20-21(13-16)29-23(24-20)25(15-19-5-4-12-28-19)22(26)14-17-6-9-18(27-2)10-7-17/h6-11,13,19H,3-5,12,14-15H2,1-2H3. The summed E-state index contributed by atoms with van der Waals surface area (Å²) in [4.78, 5) is 19.8. The van der Waals surface area contributed by atoms with Crippen molar-refractivity contribution in [3.63, 3.8) is 0 Å². The van der Waals surface area contributed by atoms with Crippen molar-refractivity contribution in [3.8, 4) is 5.75 Å². The summed E-state index contributed by atoms with van der Waals surface area (Å²) in [5, 5.41) is 0.752. The highest BCUT2D eigenvalue weighted by Gasteiger charge is 2.26. The lowest BCUT2D eigenvalue weighted by atomic mass is 10.1. The first-order chi connectivity index (χ1) is 14.2. The number of anilines is 1.